The zero-order valence-electron chi connectivity index (χ0n) is 11.0. The lowest BCUT2D eigenvalue weighted by Gasteiger charge is -2.29. The molecule has 2 fully saturated rings. The topological polar surface area (TPSA) is 57.6 Å². The van der Waals surface area contributed by atoms with Crippen LogP contribution in [0.1, 0.15) is 39.5 Å². The first-order valence-corrected chi connectivity index (χ1v) is 7.77. The minimum atomic E-state index is -0.863. The van der Waals surface area contributed by atoms with Crippen LogP contribution in [0.4, 0.5) is 0 Å². The summed E-state index contributed by atoms with van der Waals surface area (Å²) in [5.74, 6) is 0.193. The highest BCUT2D eigenvalue weighted by molar-refractivity contribution is 8.00. The van der Waals surface area contributed by atoms with Crippen LogP contribution < -0.4 is 0 Å². The lowest BCUT2D eigenvalue weighted by molar-refractivity contribution is -0.151. The molecule has 0 spiro atoms. The van der Waals surface area contributed by atoms with Crippen molar-refractivity contribution in [1.82, 2.24) is 4.90 Å². The molecular formula is C13H21NO3S. The van der Waals surface area contributed by atoms with Crippen LogP contribution in [0, 0.1) is 11.8 Å². The molecule has 1 heterocycles. The highest BCUT2D eigenvalue weighted by Gasteiger charge is 2.45. The zero-order valence-corrected chi connectivity index (χ0v) is 11.8. The number of rotatable bonds is 5. The Morgan fingerprint density at radius 1 is 1.44 bits per heavy atom. The van der Waals surface area contributed by atoms with Crippen LogP contribution in [0.25, 0.3) is 0 Å². The van der Waals surface area contributed by atoms with E-state index in [-0.39, 0.29) is 17.2 Å². The third-order valence-corrected chi connectivity index (χ3v) is 5.24. The van der Waals surface area contributed by atoms with Gasteiger partial charge in [-0.05, 0) is 25.2 Å². The van der Waals surface area contributed by atoms with Gasteiger partial charge in [0.05, 0.1) is 5.37 Å². The van der Waals surface area contributed by atoms with Crippen molar-refractivity contribution in [3.63, 3.8) is 0 Å². The molecule has 1 amide bonds. The summed E-state index contributed by atoms with van der Waals surface area (Å²) in [6.07, 6.45) is 4.09. The smallest absolute Gasteiger partial charge is 0.327 e. The van der Waals surface area contributed by atoms with Crippen molar-refractivity contribution in [3.8, 4) is 0 Å². The van der Waals surface area contributed by atoms with Crippen molar-refractivity contribution in [2.75, 3.05) is 5.75 Å². The van der Waals surface area contributed by atoms with E-state index >= 15 is 0 Å². The van der Waals surface area contributed by atoms with E-state index in [4.69, 9.17) is 0 Å². The molecule has 2 rings (SSSR count). The van der Waals surface area contributed by atoms with E-state index in [0.717, 1.165) is 25.7 Å². The van der Waals surface area contributed by atoms with Crippen LogP contribution in [-0.2, 0) is 9.59 Å². The molecule has 1 aliphatic carbocycles. The molecule has 0 aromatic rings. The Kier molecular flexibility index (Phi) is 4.20. The van der Waals surface area contributed by atoms with Crippen LogP contribution in [0.3, 0.4) is 0 Å². The Labute approximate surface area is 112 Å². The van der Waals surface area contributed by atoms with Crippen LogP contribution >= 0.6 is 11.8 Å². The maximum absolute atomic E-state index is 12.5. The van der Waals surface area contributed by atoms with Crippen molar-refractivity contribution in [2.45, 2.75) is 50.9 Å². The summed E-state index contributed by atoms with van der Waals surface area (Å²) < 4.78 is 0. The molecule has 2 aliphatic rings. The Bertz CT molecular complexity index is 343. The van der Waals surface area contributed by atoms with Crippen LogP contribution in [0.15, 0.2) is 0 Å². The molecule has 102 valence electrons. The largest absolute Gasteiger partial charge is 0.480 e. The van der Waals surface area contributed by atoms with Gasteiger partial charge in [0.25, 0.3) is 0 Å². The van der Waals surface area contributed by atoms with E-state index in [2.05, 4.69) is 6.92 Å². The van der Waals surface area contributed by atoms with Crippen LogP contribution in [0.2, 0.25) is 0 Å². The van der Waals surface area contributed by atoms with Crippen molar-refractivity contribution in [2.24, 2.45) is 11.8 Å². The van der Waals surface area contributed by atoms with Crippen molar-refractivity contribution in [3.05, 3.63) is 0 Å². The minimum absolute atomic E-state index is 0.00935. The summed E-state index contributed by atoms with van der Waals surface area (Å²) in [6, 6.07) is -0.625. The Balaban J connectivity index is 2.11. The van der Waals surface area contributed by atoms with E-state index in [9.17, 15) is 14.7 Å². The van der Waals surface area contributed by atoms with E-state index in [0.29, 0.717) is 11.7 Å². The fourth-order valence-electron chi connectivity index (χ4n) is 2.55. The summed E-state index contributed by atoms with van der Waals surface area (Å²) in [4.78, 5) is 25.4. The predicted molar refractivity (Wildman–Crippen MR) is 71.3 cm³/mol. The quantitative estimate of drug-likeness (QED) is 0.832. The number of hydrogen-bond acceptors (Lipinski definition) is 3. The molecule has 1 aliphatic heterocycles. The van der Waals surface area contributed by atoms with Gasteiger partial charge in [0, 0.05) is 11.7 Å². The van der Waals surface area contributed by atoms with Crippen LogP contribution in [-0.4, -0.2) is 39.1 Å². The van der Waals surface area contributed by atoms with Gasteiger partial charge in [-0.3, -0.25) is 4.79 Å². The molecule has 3 atom stereocenters. The summed E-state index contributed by atoms with van der Waals surface area (Å²) in [7, 11) is 0. The Morgan fingerprint density at radius 2 is 2.11 bits per heavy atom. The number of carbonyl (C=O) groups is 2. The van der Waals surface area contributed by atoms with Gasteiger partial charge in [-0.15, -0.1) is 11.8 Å². The Hall–Kier alpha value is -0.710. The van der Waals surface area contributed by atoms with Gasteiger partial charge < -0.3 is 10.0 Å². The van der Waals surface area contributed by atoms with E-state index in [1.54, 1.807) is 16.7 Å². The first-order chi connectivity index (χ1) is 8.56. The van der Waals surface area contributed by atoms with Gasteiger partial charge in [-0.1, -0.05) is 20.3 Å². The van der Waals surface area contributed by atoms with E-state index in [1.807, 2.05) is 6.92 Å². The highest BCUT2D eigenvalue weighted by Crippen LogP contribution is 2.40. The molecule has 3 unspecified atom stereocenters. The molecule has 18 heavy (non-hydrogen) atoms. The molecule has 1 saturated heterocycles. The zero-order chi connectivity index (χ0) is 13.3. The van der Waals surface area contributed by atoms with Gasteiger partial charge in [0.2, 0.25) is 5.91 Å². The molecule has 5 heteroatoms. The molecule has 1 N–H and O–H groups in total. The first-order valence-electron chi connectivity index (χ1n) is 6.72. The fraction of sp³-hybridized carbons (Fsp3) is 0.846. The summed E-state index contributed by atoms with van der Waals surface area (Å²) in [5, 5.41) is 9.31. The number of amides is 1. The highest BCUT2D eigenvalue weighted by atomic mass is 32.2. The van der Waals surface area contributed by atoms with Crippen LogP contribution in [0.5, 0.6) is 0 Å². The number of carboxylic acids is 1. The number of nitrogens with zero attached hydrogens (tertiary/aromatic N) is 1. The lowest BCUT2D eigenvalue weighted by atomic mass is 10.0. The second-order valence-electron chi connectivity index (χ2n) is 5.30. The molecular weight excluding hydrogens is 250 g/mol. The number of carboxylic acid groups (broad SMARTS) is 1. The molecule has 0 aromatic carbocycles. The average Bonchev–Trinajstić information content (AvgIpc) is 3.09. The molecule has 1 saturated carbocycles. The second kappa shape index (κ2) is 5.51. The monoisotopic (exact) mass is 271 g/mol. The van der Waals surface area contributed by atoms with Gasteiger partial charge in [0.15, 0.2) is 0 Å². The van der Waals surface area contributed by atoms with E-state index in [1.165, 1.54) is 0 Å². The van der Waals surface area contributed by atoms with Gasteiger partial charge in [0.1, 0.15) is 6.04 Å². The normalized spacial score (nSPS) is 29.3. The number of thioether (sulfide) groups is 1. The average molecular weight is 271 g/mol. The summed E-state index contributed by atoms with van der Waals surface area (Å²) in [6.45, 7) is 4.02. The van der Waals surface area contributed by atoms with Crippen molar-refractivity contribution in [1.29, 1.82) is 0 Å². The third kappa shape index (κ3) is 2.66. The molecule has 0 radical (unpaired) electrons. The second-order valence-corrected chi connectivity index (χ2v) is 6.51. The maximum Gasteiger partial charge on any atom is 0.327 e. The number of aliphatic carboxylic acids is 1. The standard InChI is InChI=1S/C13H21NO3S/c1-3-4-11-14(10(7-18-11)13(16)17)12(15)8(2)9-5-6-9/h8-11H,3-7H2,1-2H3,(H,16,17). The molecule has 0 bridgehead atoms. The molecule has 0 aromatic heterocycles. The van der Waals surface area contributed by atoms with Gasteiger partial charge in [-0.25, -0.2) is 4.79 Å². The van der Waals surface area contributed by atoms with Crippen molar-refractivity contribution < 1.29 is 14.7 Å². The SMILES string of the molecule is CCCC1SCC(C(=O)O)N1C(=O)C(C)C1CC1. The predicted octanol–water partition coefficient (Wildman–Crippen LogP) is 2.19. The minimum Gasteiger partial charge on any atom is -0.480 e. The fourth-order valence-corrected chi connectivity index (χ4v) is 4.07. The maximum atomic E-state index is 12.5. The molecule has 4 nitrogen and oxygen atoms in total. The van der Waals surface area contributed by atoms with Crippen molar-refractivity contribution >= 4 is 23.6 Å². The summed E-state index contributed by atoms with van der Waals surface area (Å²) in [5.41, 5.74) is 0. The Morgan fingerprint density at radius 3 is 2.61 bits per heavy atom. The lowest BCUT2D eigenvalue weighted by Crippen LogP contribution is -2.48. The van der Waals surface area contributed by atoms with Gasteiger partial charge >= 0.3 is 5.97 Å². The number of hydrogen-bond donors (Lipinski definition) is 1. The first kappa shape index (κ1) is 13.7. The number of carbonyl (C=O) groups excluding carboxylic acids is 1. The van der Waals surface area contributed by atoms with E-state index < -0.39 is 12.0 Å². The van der Waals surface area contributed by atoms with Gasteiger partial charge in [-0.2, -0.15) is 0 Å². The third-order valence-electron chi connectivity index (χ3n) is 3.89. The summed E-state index contributed by atoms with van der Waals surface area (Å²) >= 11 is 1.61.